The van der Waals surface area contributed by atoms with E-state index in [2.05, 4.69) is 46.5 Å². The van der Waals surface area contributed by atoms with Crippen molar-refractivity contribution in [2.75, 3.05) is 0 Å². The molecule has 0 heterocycles. The first-order valence-corrected chi connectivity index (χ1v) is 17.0. The topological polar surface area (TPSA) is 142 Å². The molecule has 0 aromatic heterocycles. The van der Waals surface area contributed by atoms with Crippen molar-refractivity contribution in [1.29, 1.82) is 0 Å². The average Bonchev–Trinajstić information content (AvgIpc) is 3.06. The predicted octanol–water partition coefficient (Wildman–Crippen LogP) is 5.35. The number of amides is 4. The molecule has 0 bridgehead atoms. The van der Waals surface area contributed by atoms with Crippen molar-refractivity contribution in [2.45, 2.75) is 102 Å². The maximum Gasteiger partial charge on any atom is 0.244 e. The molecule has 0 aliphatic heterocycles. The van der Waals surface area contributed by atoms with Crippen molar-refractivity contribution in [3.63, 3.8) is 0 Å². The molecule has 268 valence electrons. The molecule has 6 N–H and O–H groups in total. The molecule has 3 aromatic carbocycles. The molecule has 3 rings (SSSR count). The number of unbranched alkanes of at least 4 members (excludes halogenated alkanes) is 1. The number of hydrogen-bond donors (Lipinski definition) is 7. The van der Waals surface area contributed by atoms with Crippen LogP contribution >= 0.6 is 25.3 Å². The molecular weight excluding hydrogens is 655 g/mol. The number of carbonyl (C=O) groups excluding carboxylic acids is 4. The van der Waals surface area contributed by atoms with Crippen molar-refractivity contribution in [3.8, 4) is 0 Å². The lowest BCUT2D eigenvalue weighted by Crippen LogP contribution is -2.55. The molecule has 11 heteroatoms. The summed E-state index contributed by atoms with van der Waals surface area (Å²) in [6, 6.07) is 27.3. The molecule has 0 saturated carbocycles. The molecule has 0 aliphatic carbocycles. The third-order valence-electron chi connectivity index (χ3n) is 7.30. The van der Waals surface area contributed by atoms with E-state index in [-0.39, 0.29) is 43.9 Å². The van der Waals surface area contributed by atoms with Crippen LogP contribution in [0.25, 0.3) is 0 Å². The minimum absolute atomic E-state index is 0. The quantitative estimate of drug-likeness (QED) is 0.0794. The van der Waals surface area contributed by atoms with Crippen LogP contribution in [0.4, 0.5) is 0 Å². The fourth-order valence-corrected chi connectivity index (χ4v) is 4.92. The van der Waals surface area contributed by atoms with E-state index in [1.165, 1.54) is 5.56 Å². The van der Waals surface area contributed by atoms with Crippen molar-refractivity contribution in [1.82, 2.24) is 21.3 Å². The van der Waals surface area contributed by atoms with Crippen molar-refractivity contribution in [2.24, 2.45) is 5.73 Å². The number of hydrogen-bond acceptors (Lipinski definition) is 7. The van der Waals surface area contributed by atoms with Gasteiger partial charge >= 0.3 is 0 Å². The van der Waals surface area contributed by atoms with Gasteiger partial charge in [-0.05, 0) is 57.2 Å². The molecule has 0 fully saturated rings. The van der Waals surface area contributed by atoms with E-state index >= 15 is 0 Å². The fraction of sp³-hybridized carbons (Fsp3) is 0.421. The minimum atomic E-state index is -0.830. The van der Waals surface area contributed by atoms with E-state index in [9.17, 15) is 19.2 Å². The summed E-state index contributed by atoms with van der Waals surface area (Å²) in [6.45, 7) is 8.40. The first kappa shape index (κ1) is 43.2. The highest BCUT2D eigenvalue weighted by Crippen LogP contribution is 2.20. The van der Waals surface area contributed by atoms with E-state index < -0.39 is 21.6 Å². The van der Waals surface area contributed by atoms with Crippen LogP contribution in [0.5, 0.6) is 0 Å². The Balaban J connectivity index is 0.00000116. The van der Waals surface area contributed by atoms with Gasteiger partial charge in [0.15, 0.2) is 0 Å². The Kier molecular flexibility index (Phi) is 19.4. The van der Waals surface area contributed by atoms with Gasteiger partial charge < -0.3 is 27.0 Å². The zero-order valence-corrected chi connectivity index (χ0v) is 30.2. The summed E-state index contributed by atoms with van der Waals surface area (Å²) in [5.41, 5.74) is 8.44. The Morgan fingerprint density at radius 3 is 1.16 bits per heavy atom. The van der Waals surface area contributed by atoms with E-state index in [1.54, 1.807) is 27.7 Å². The Hall–Kier alpha value is -3.80. The molecule has 0 radical (unpaired) electrons. The van der Waals surface area contributed by atoms with Gasteiger partial charge in [0.25, 0.3) is 0 Å². The Morgan fingerprint density at radius 2 is 0.898 bits per heavy atom. The molecule has 0 saturated heterocycles. The van der Waals surface area contributed by atoms with Crippen LogP contribution < -0.4 is 27.0 Å². The number of nitrogens with one attached hydrogen (secondary N) is 4. The predicted molar refractivity (Wildman–Crippen MR) is 206 cm³/mol. The number of thiol groups is 2. The zero-order valence-electron chi connectivity index (χ0n) is 28.4. The first-order chi connectivity index (χ1) is 22.7. The van der Waals surface area contributed by atoms with Gasteiger partial charge in [-0.3, -0.25) is 19.2 Å². The number of nitrogens with two attached hydrogens (primary N) is 1. The Labute approximate surface area is 303 Å². The van der Waals surface area contributed by atoms with Crippen LogP contribution in [0.15, 0.2) is 91.0 Å². The summed E-state index contributed by atoms with van der Waals surface area (Å²) in [5, 5.41) is 11.3. The third kappa shape index (κ3) is 17.4. The summed E-state index contributed by atoms with van der Waals surface area (Å²) in [4.78, 5) is 50.9. The number of rotatable bonds is 16. The summed E-state index contributed by atoms with van der Waals surface area (Å²) in [5.74, 6) is -1.22. The first-order valence-electron chi connectivity index (χ1n) is 16.1. The molecule has 49 heavy (non-hydrogen) atoms. The lowest BCUT2D eigenvalue weighted by molar-refractivity contribution is -0.130. The highest BCUT2D eigenvalue weighted by molar-refractivity contribution is 7.82. The van der Waals surface area contributed by atoms with Gasteiger partial charge in [0.05, 0.1) is 0 Å². The van der Waals surface area contributed by atoms with Gasteiger partial charge in [-0.2, -0.15) is 25.3 Å². The summed E-state index contributed by atoms with van der Waals surface area (Å²) < 4.78 is -1.57. The van der Waals surface area contributed by atoms with E-state index in [1.807, 2.05) is 91.0 Å². The zero-order chi connectivity index (χ0) is 35.6. The van der Waals surface area contributed by atoms with Crippen LogP contribution in [-0.2, 0) is 38.8 Å². The second-order valence-electron chi connectivity index (χ2n) is 12.6. The Bertz CT molecular complexity index is 1320. The molecule has 0 spiro atoms. The van der Waals surface area contributed by atoms with Crippen LogP contribution in [0.1, 0.15) is 77.5 Å². The molecular formula is C38H55N5O4S2. The molecule has 4 amide bonds. The lowest BCUT2D eigenvalue weighted by Gasteiger charge is -2.30. The molecule has 3 aromatic rings. The fourth-order valence-electron chi connectivity index (χ4n) is 4.55. The molecule has 2 unspecified atom stereocenters. The lowest BCUT2D eigenvalue weighted by atomic mass is 10.0. The maximum absolute atomic E-state index is 12.8. The standard InChI is InChI=1S/C30H42N4O4S2.C7H9N.CH4/c1-29(2,39)25(27(37)31-19-21-13-7-5-8-14-21)33-23(35)17-11-12-18-24(36)34-26(30(3,4)40)28(38)32-20-22-15-9-6-10-16-22;8-6-7-4-2-1-3-5-7;/h5-10,13-16,25-26,39-40H,11-12,17-20H2,1-4H3,(H,31,37)(H,32,38)(H,33,35)(H,34,36);1-5H,6,8H2;1H4. The van der Waals surface area contributed by atoms with Crippen molar-refractivity contribution < 1.29 is 19.2 Å². The van der Waals surface area contributed by atoms with Gasteiger partial charge in [-0.25, -0.2) is 0 Å². The number of benzene rings is 3. The second kappa shape index (κ2) is 22.0. The molecule has 9 nitrogen and oxygen atoms in total. The van der Waals surface area contributed by atoms with Crippen LogP contribution in [0.2, 0.25) is 0 Å². The van der Waals surface area contributed by atoms with E-state index in [0.29, 0.717) is 32.5 Å². The average molecular weight is 710 g/mol. The highest BCUT2D eigenvalue weighted by Gasteiger charge is 2.34. The maximum atomic E-state index is 12.8. The Morgan fingerprint density at radius 1 is 0.592 bits per heavy atom. The normalized spacial score (nSPS) is 12.1. The number of carbonyl (C=O) groups is 4. The van der Waals surface area contributed by atoms with Gasteiger partial charge in [0.2, 0.25) is 23.6 Å². The smallest absolute Gasteiger partial charge is 0.244 e. The van der Waals surface area contributed by atoms with Crippen LogP contribution in [-0.4, -0.2) is 45.2 Å². The van der Waals surface area contributed by atoms with Gasteiger partial charge in [-0.1, -0.05) is 98.4 Å². The largest absolute Gasteiger partial charge is 0.350 e. The van der Waals surface area contributed by atoms with Crippen LogP contribution in [0, 0.1) is 0 Å². The molecule has 2 atom stereocenters. The van der Waals surface area contributed by atoms with Gasteiger partial charge in [-0.15, -0.1) is 0 Å². The van der Waals surface area contributed by atoms with E-state index in [4.69, 9.17) is 5.73 Å². The third-order valence-corrected chi connectivity index (χ3v) is 7.82. The van der Waals surface area contributed by atoms with Gasteiger partial charge in [0, 0.05) is 42.0 Å². The van der Waals surface area contributed by atoms with Crippen molar-refractivity contribution in [3.05, 3.63) is 108 Å². The van der Waals surface area contributed by atoms with Crippen molar-refractivity contribution >= 4 is 48.9 Å². The summed E-state index contributed by atoms with van der Waals surface area (Å²) in [6.07, 6.45) is 1.19. The minimum Gasteiger partial charge on any atom is -0.350 e. The summed E-state index contributed by atoms with van der Waals surface area (Å²) in [7, 11) is 0. The monoisotopic (exact) mass is 709 g/mol. The summed E-state index contributed by atoms with van der Waals surface area (Å²) >= 11 is 9.04. The second-order valence-corrected chi connectivity index (χ2v) is 14.9. The molecule has 0 aliphatic rings. The highest BCUT2D eigenvalue weighted by atomic mass is 32.1. The SMILES string of the molecule is C.CC(C)(S)C(NC(=O)CCCCC(=O)NC(C(=O)NCc1ccccc1)C(C)(C)S)C(=O)NCc1ccccc1.NCc1ccccc1. The van der Waals surface area contributed by atoms with Gasteiger partial charge in [0.1, 0.15) is 12.1 Å². The van der Waals surface area contributed by atoms with E-state index in [0.717, 1.165) is 11.1 Å². The van der Waals surface area contributed by atoms with Crippen LogP contribution in [0.3, 0.4) is 0 Å².